The molecular formula is C26H27ClFN7O. The fourth-order valence-electron chi connectivity index (χ4n) is 3.42. The monoisotopic (exact) mass is 507 g/mol. The van der Waals surface area contributed by atoms with E-state index in [1.807, 2.05) is 19.1 Å². The normalized spacial score (nSPS) is 13.3. The number of aromatic nitrogens is 2. The number of nitrogens with zero attached hydrogens (tertiary/aromatic N) is 3. The van der Waals surface area contributed by atoms with E-state index in [2.05, 4.69) is 25.6 Å². The summed E-state index contributed by atoms with van der Waals surface area (Å²) in [6.07, 6.45) is 4.35. The second kappa shape index (κ2) is 11.9. The first kappa shape index (κ1) is 26.4. The number of hydrogen-bond acceptors (Lipinski definition) is 6. The van der Waals surface area contributed by atoms with Crippen LogP contribution >= 0.6 is 11.6 Å². The summed E-state index contributed by atoms with van der Waals surface area (Å²) in [4.78, 5) is 25.4. The molecule has 6 N–H and O–H groups in total. The van der Waals surface area contributed by atoms with Crippen molar-refractivity contribution in [1.29, 1.82) is 0 Å². The van der Waals surface area contributed by atoms with Gasteiger partial charge in [0.2, 0.25) is 0 Å². The summed E-state index contributed by atoms with van der Waals surface area (Å²) in [6, 6.07) is 13.1. The molecule has 1 atom stereocenters. The van der Waals surface area contributed by atoms with Crippen molar-refractivity contribution >= 4 is 40.4 Å². The van der Waals surface area contributed by atoms with Crippen molar-refractivity contribution in [2.24, 2.45) is 16.5 Å². The Morgan fingerprint density at radius 2 is 1.97 bits per heavy atom. The molecule has 1 amide bonds. The number of amidine groups is 1. The Kier molecular flexibility index (Phi) is 8.75. The number of aryl methyl sites for hydroxylation is 1. The second-order valence-electron chi connectivity index (χ2n) is 7.81. The van der Waals surface area contributed by atoms with Gasteiger partial charge < -0.3 is 22.1 Å². The number of nitrogens with one attached hydrogen (secondary N) is 2. The maximum absolute atomic E-state index is 14.5. The molecule has 0 aliphatic heterocycles. The number of rotatable bonds is 8. The van der Waals surface area contributed by atoms with Crippen LogP contribution in [0.4, 0.5) is 10.2 Å². The number of anilines is 1. The summed E-state index contributed by atoms with van der Waals surface area (Å²) in [5.74, 6) is -0.207. The average molecular weight is 508 g/mol. The van der Waals surface area contributed by atoms with Crippen molar-refractivity contribution in [3.8, 4) is 0 Å². The van der Waals surface area contributed by atoms with Gasteiger partial charge in [0, 0.05) is 42.3 Å². The first-order valence-corrected chi connectivity index (χ1v) is 11.4. The van der Waals surface area contributed by atoms with Gasteiger partial charge in [0.25, 0.3) is 5.91 Å². The molecule has 2 heterocycles. The number of aliphatic imine (C=N–C) groups is 1. The highest BCUT2D eigenvalue weighted by Gasteiger charge is 2.15. The number of halogens is 2. The summed E-state index contributed by atoms with van der Waals surface area (Å²) < 4.78 is 14.5. The van der Waals surface area contributed by atoms with E-state index in [4.69, 9.17) is 23.1 Å². The van der Waals surface area contributed by atoms with Crippen LogP contribution in [0.2, 0.25) is 5.02 Å². The standard InChI is InChI=1S/C26H27ClFN7O/c1-15-6-4-9-24(33-15)35-21(17-10-11-32-22(12-17)19(14-29)26(36)31-3)13-23(30)34-16(2)18-7-5-8-20(27)25(18)28/h4-14,16H,29H2,1-3H3,(H2,30,34)(H,31,36)(H,33,35)/b19-14?,21-13-. The molecule has 3 aromatic rings. The van der Waals surface area contributed by atoms with Crippen LogP contribution < -0.4 is 22.1 Å². The minimum Gasteiger partial charge on any atom is -0.404 e. The van der Waals surface area contributed by atoms with E-state index in [0.29, 0.717) is 28.3 Å². The first-order chi connectivity index (χ1) is 17.2. The SMILES string of the molecule is CNC(=O)C(=CN)c1cc(/C(=C/C(N)=NC(C)c2cccc(Cl)c2F)Nc2cccc(C)n2)ccn1. The van der Waals surface area contributed by atoms with Gasteiger partial charge in [-0.3, -0.25) is 14.8 Å². The molecule has 0 bridgehead atoms. The van der Waals surface area contributed by atoms with E-state index in [1.165, 1.54) is 19.3 Å². The lowest BCUT2D eigenvalue weighted by Crippen LogP contribution is -2.20. The highest BCUT2D eigenvalue weighted by molar-refractivity contribution is 6.30. The van der Waals surface area contributed by atoms with Crippen molar-refractivity contribution in [3.63, 3.8) is 0 Å². The van der Waals surface area contributed by atoms with Gasteiger partial charge in [-0.2, -0.15) is 0 Å². The minimum absolute atomic E-state index is 0.0146. The van der Waals surface area contributed by atoms with E-state index in [9.17, 15) is 9.18 Å². The number of pyridine rings is 2. The third kappa shape index (κ3) is 6.45. The van der Waals surface area contributed by atoms with Crippen LogP contribution in [0.15, 0.2) is 72.0 Å². The van der Waals surface area contributed by atoms with Gasteiger partial charge >= 0.3 is 0 Å². The van der Waals surface area contributed by atoms with Crippen molar-refractivity contribution in [1.82, 2.24) is 15.3 Å². The van der Waals surface area contributed by atoms with Crippen LogP contribution in [-0.2, 0) is 4.79 Å². The Morgan fingerprint density at radius 1 is 1.22 bits per heavy atom. The Balaban J connectivity index is 2.05. The maximum Gasteiger partial charge on any atom is 0.254 e. The molecule has 0 saturated carbocycles. The summed E-state index contributed by atoms with van der Waals surface area (Å²) in [7, 11) is 1.51. The zero-order chi connectivity index (χ0) is 26.2. The van der Waals surface area contributed by atoms with Gasteiger partial charge in [0.15, 0.2) is 0 Å². The molecule has 0 spiro atoms. The van der Waals surface area contributed by atoms with E-state index in [0.717, 1.165) is 5.69 Å². The van der Waals surface area contributed by atoms with Crippen LogP contribution in [-0.4, -0.2) is 28.8 Å². The molecule has 10 heteroatoms. The summed E-state index contributed by atoms with van der Waals surface area (Å²) >= 11 is 5.92. The van der Waals surface area contributed by atoms with Gasteiger partial charge in [-0.15, -0.1) is 0 Å². The molecule has 3 rings (SSSR count). The largest absolute Gasteiger partial charge is 0.404 e. The molecule has 0 fully saturated rings. The molecule has 0 radical (unpaired) electrons. The minimum atomic E-state index is -0.591. The zero-order valence-electron chi connectivity index (χ0n) is 20.1. The number of amides is 1. The predicted molar refractivity (Wildman–Crippen MR) is 142 cm³/mol. The van der Waals surface area contributed by atoms with E-state index in [1.54, 1.807) is 49.5 Å². The van der Waals surface area contributed by atoms with Gasteiger partial charge in [0.05, 0.1) is 28.0 Å². The van der Waals surface area contributed by atoms with Gasteiger partial charge in [0.1, 0.15) is 17.5 Å². The highest BCUT2D eigenvalue weighted by atomic mass is 35.5. The molecule has 36 heavy (non-hydrogen) atoms. The van der Waals surface area contributed by atoms with E-state index >= 15 is 0 Å². The molecule has 0 aliphatic carbocycles. The third-order valence-electron chi connectivity index (χ3n) is 5.20. The Morgan fingerprint density at radius 3 is 2.67 bits per heavy atom. The first-order valence-electron chi connectivity index (χ1n) is 11.0. The summed E-state index contributed by atoms with van der Waals surface area (Å²) in [5.41, 5.74) is 14.8. The molecule has 1 aromatic carbocycles. The Hall–Kier alpha value is -4.24. The lowest BCUT2D eigenvalue weighted by atomic mass is 10.1. The fraction of sp³-hybridized carbons (Fsp3) is 0.154. The molecule has 1 unspecified atom stereocenters. The van der Waals surface area contributed by atoms with Gasteiger partial charge in [-0.25, -0.2) is 9.37 Å². The molecule has 0 saturated heterocycles. The summed E-state index contributed by atoms with van der Waals surface area (Å²) in [6.45, 7) is 3.59. The van der Waals surface area contributed by atoms with Crippen LogP contribution in [0.5, 0.6) is 0 Å². The molecule has 2 aromatic heterocycles. The van der Waals surface area contributed by atoms with Crippen molar-refractivity contribution in [3.05, 3.63) is 100 Å². The maximum atomic E-state index is 14.5. The highest BCUT2D eigenvalue weighted by Crippen LogP contribution is 2.26. The lowest BCUT2D eigenvalue weighted by molar-refractivity contribution is -0.115. The zero-order valence-corrected chi connectivity index (χ0v) is 20.8. The summed E-state index contributed by atoms with van der Waals surface area (Å²) in [5, 5.41) is 5.80. The molecular weight excluding hydrogens is 481 g/mol. The lowest BCUT2D eigenvalue weighted by Gasteiger charge is -2.14. The number of carbonyl (C=O) groups is 1. The number of benzene rings is 1. The number of carbonyl (C=O) groups excluding carboxylic acids is 1. The Bertz CT molecular complexity index is 1350. The predicted octanol–water partition coefficient (Wildman–Crippen LogP) is 4.19. The van der Waals surface area contributed by atoms with Crippen LogP contribution in [0, 0.1) is 12.7 Å². The number of nitrogens with two attached hydrogens (primary N) is 2. The molecule has 8 nitrogen and oxygen atoms in total. The van der Waals surface area contributed by atoms with Crippen LogP contribution in [0.25, 0.3) is 11.3 Å². The van der Waals surface area contributed by atoms with Crippen molar-refractivity contribution < 1.29 is 9.18 Å². The third-order valence-corrected chi connectivity index (χ3v) is 5.49. The average Bonchev–Trinajstić information content (AvgIpc) is 2.85. The molecule has 0 aliphatic rings. The van der Waals surface area contributed by atoms with Crippen molar-refractivity contribution in [2.75, 3.05) is 12.4 Å². The van der Waals surface area contributed by atoms with Crippen LogP contribution in [0.1, 0.15) is 35.5 Å². The smallest absolute Gasteiger partial charge is 0.254 e. The number of likely N-dealkylation sites (N-methyl/N-ethyl adjacent to an activating group) is 1. The fourth-order valence-corrected chi connectivity index (χ4v) is 3.60. The van der Waals surface area contributed by atoms with Crippen LogP contribution in [0.3, 0.4) is 0 Å². The molecule has 186 valence electrons. The second-order valence-corrected chi connectivity index (χ2v) is 8.22. The quantitative estimate of drug-likeness (QED) is 0.205. The Labute approximate surface area is 214 Å². The van der Waals surface area contributed by atoms with Gasteiger partial charge in [-0.1, -0.05) is 29.8 Å². The topological polar surface area (TPSA) is 131 Å². The van der Waals surface area contributed by atoms with E-state index in [-0.39, 0.29) is 22.3 Å². The van der Waals surface area contributed by atoms with Crippen molar-refractivity contribution in [2.45, 2.75) is 19.9 Å². The number of hydrogen-bond donors (Lipinski definition) is 4. The van der Waals surface area contributed by atoms with E-state index < -0.39 is 11.9 Å². The van der Waals surface area contributed by atoms with Gasteiger partial charge in [-0.05, 0) is 44.2 Å².